The zero-order valence-electron chi connectivity index (χ0n) is 25.1. The summed E-state index contributed by atoms with van der Waals surface area (Å²) in [6.07, 6.45) is 7.96. The first-order valence-electron chi connectivity index (χ1n) is 14.2. The van der Waals surface area contributed by atoms with Gasteiger partial charge in [-0.15, -0.1) is 0 Å². The van der Waals surface area contributed by atoms with Crippen LogP contribution in [0.5, 0.6) is 5.88 Å². The van der Waals surface area contributed by atoms with E-state index in [4.69, 9.17) is 4.74 Å². The SMILES string of the molecule is COc1cc(C)c(CNC(=O)c2cc3c(-c4cncn4C)ccn3c(C(C)N3CCC(N(C)C)CC3)c2C)c(=O)[nH]1. The number of methoxy groups -OCH3 is 1. The first-order chi connectivity index (χ1) is 19.6. The molecular formula is C31H41N7O3. The highest BCUT2D eigenvalue weighted by molar-refractivity contribution is 5.98. The van der Waals surface area contributed by atoms with Gasteiger partial charge in [-0.05, 0) is 71.0 Å². The number of aromatic nitrogens is 4. The summed E-state index contributed by atoms with van der Waals surface area (Å²) in [5, 5.41) is 3.02. The number of aryl methyl sites for hydroxylation is 2. The maximum atomic E-state index is 13.8. The number of carbonyl (C=O) groups excluding carboxylic acids is 1. The molecule has 1 aliphatic rings. The predicted molar refractivity (Wildman–Crippen MR) is 161 cm³/mol. The van der Waals surface area contributed by atoms with E-state index in [0.29, 0.717) is 23.0 Å². The van der Waals surface area contributed by atoms with Gasteiger partial charge in [0.15, 0.2) is 5.88 Å². The fourth-order valence-corrected chi connectivity index (χ4v) is 6.19. The Balaban J connectivity index is 1.54. The van der Waals surface area contributed by atoms with Gasteiger partial charge in [-0.3, -0.25) is 19.5 Å². The number of nitrogens with zero attached hydrogens (tertiary/aromatic N) is 5. The second-order valence-electron chi connectivity index (χ2n) is 11.4. The molecule has 0 bridgehead atoms. The summed E-state index contributed by atoms with van der Waals surface area (Å²) in [7, 11) is 7.79. The number of hydrogen-bond acceptors (Lipinski definition) is 6. The average molecular weight is 560 g/mol. The molecule has 0 aliphatic carbocycles. The third-order valence-corrected chi connectivity index (χ3v) is 8.74. The second-order valence-corrected chi connectivity index (χ2v) is 11.4. The zero-order valence-corrected chi connectivity index (χ0v) is 25.1. The van der Waals surface area contributed by atoms with Gasteiger partial charge in [0.1, 0.15) is 0 Å². The van der Waals surface area contributed by atoms with Gasteiger partial charge in [0.2, 0.25) is 0 Å². The minimum absolute atomic E-state index is 0.104. The Labute approximate surface area is 240 Å². The van der Waals surface area contributed by atoms with Crippen LogP contribution in [-0.4, -0.2) is 75.0 Å². The van der Waals surface area contributed by atoms with Crippen LogP contribution in [0.15, 0.2) is 41.7 Å². The normalized spacial score (nSPS) is 15.5. The maximum Gasteiger partial charge on any atom is 0.255 e. The molecule has 0 spiro atoms. The van der Waals surface area contributed by atoms with Gasteiger partial charge in [0.25, 0.3) is 11.5 Å². The maximum absolute atomic E-state index is 13.8. The lowest BCUT2D eigenvalue weighted by molar-refractivity contribution is 0.0948. The summed E-state index contributed by atoms with van der Waals surface area (Å²) in [5.41, 5.74) is 6.59. The number of imidazole rings is 1. The number of ether oxygens (including phenoxy) is 1. The molecule has 1 saturated heterocycles. The second kappa shape index (κ2) is 11.5. The minimum atomic E-state index is -0.269. The van der Waals surface area contributed by atoms with Crippen LogP contribution in [0.1, 0.15) is 58.5 Å². The van der Waals surface area contributed by atoms with Gasteiger partial charge in [-0.2, -0.15) is 0 Å². The van der Waals surface area contributed by atoms with Crippen LogP contribution >= 0.6 is 0 Å². The molecule has 1 amide bonds. The first-order valence-corrected chi connectivity index (χ1v) is 14.2. The molecule has 1 unspecified atom stereocenters. The van der Waals surface area contributed by atoms with E-state index in [1.165, 1.54) is 7.11 Å². The van der Waals surface area contributed by atoms with Crippen molar-refractivity contribution in [2.75, 3.05) is 34.3 Å². The van der Waals surface area contributed by atoms with Crippen molar-refractivity contribution in [3.63, 3.8) is 0 Å². The predicted octanol–water partition coefficient (Wildman–Crippen LogP) is 3.67. The molecule has 5 rings (SSSR count). The van der Waals surface area contributed by atoms with Crippen molar-refractivity contribution in [1.82, 2.24) is 34.1 Å². The fraction of sp³-hybridized carbons (Fsp3) is 0.452. The number of H-pyrrole nitrogens is 1. The largest absolute Gasteiger partial charge is 0.482 e. The van der Waals surface area contributed by atoms with Gasteiger partial charge >= 0.3 is 0 Å². The van der Waals surface area contributed by atoms with Crippen molar-refractivity contribution in [3.8, 4) is 17.1 Å². The molecule has 0 radical (unpaired) electrons. The smallest absolute Gasteiger partial charge is 0.255 e. The molecule has 0 saturated carbocycles. The lowest BCUT2D eigenvalue weighted by atomic mass is 9.97. The monoisotopic (exact) mass is 559 g/mol. The van der Waals surface area contributed by atoms with Gasteiger partial charge in [0.05, 0.1) is 30.8 Å². The highest BCUT2D eigenvalue weighted by Gasteiger charge is 2.29. The Morgan fingerprint density at radius 2 is 1.98 bits per heavy atom. The fourth-order valence-electron chi connectivity index (χ4n) is 6.19. The van der Waals surface area contributed by atoms with Crippen molar-refractivity contribution in [2.24, 2.45) is 7.05 Å². The van der Waals surface area contributed by atoms with Crippen molar-refractivity contribution in [3.05, 3.63) is 75.2 Å². The number of fused-ring (bicyclic) bond motifs is 1. The highest BCUT2D eigenvalue weighted by atomic mass is 16.5. The summed E-state index contributed by atoms with van der Waals surface area (Å²) < 4.78 is 9.39. The number of aromatic amines is 1. The van der Waals surface area contributed by atoms with Crippen LogP contribution in [0.25, 0.3) is 16.8 Å². The van der Waals surface area contributed by atoms with Crippen LogP contribution in [-0.2, 0) is 13.6 Å². The van der Waals surface area contributed by atoms with Crippen LogP contribution in [0.3, 0.4) is 0 Å². The number of likely N-dealkylation sites (tertiary alicyclic amines) is 1. The Morgan fingerprint density at radius 1 is 1.24 bits per heavy atom. The van der Waals surface area contributed by atoms with Crippen molar-refractivity contribution in [1.29, 1.82) is 0 Å². The van der Waals surface area contributed by atoms with E-state index in [9.17, 15) is 9.59 Å². The summed E-state index contributed by atoms with van der Waals surface area (Å²) in [6.45, 7) is 8.22. The van der Waals surface area contributed by atoms with E-state index < -0.39 is 0 Å². The summed E-state index contributed by atoms with van der Waals surface area (Å²) in [5.74, 6) is 0.185. The molecule has 1 aliphatic heterocycles. The molecular weight excluding hydrogens is 518 g/mol. The van der Waals surface area contributed by atoms with Crippen molar-refractivity contribution >= 4 is 11.4 Å². The number of hydrogen-bond donors (Lipinski definition) is 2. The van der Waals surface area contributed by atoms with E-state index in [-0.39, 0.29) is 24.1 Å². The van der Waals surface area contributed by atoms with Gasteiger partial charge < -0.3 is 23.9 Å². The first kappa shape index (κ1) is 28.6. The van der Waals surface area contributed by atoms with Crippen LogP contribution < -0.4 is 15.6 Å². The highest BCUT2D eigenvalue weighted by Crippen LogP contribution is 2.34. The lowest BCUT2D eigenvalue weighted by Gasteiger charge is -2.39. The van der Waals surface area contributed by atoms with Gasteiger partial charge in [-0.1, -0.05) is 0 Å². The lowest BCUT2D eigenvalue weighted by Crippen LogP contribution is -2.43. The molecule has 4 aromatic rings. The van der Waals surface area contributed by atoms with E-state index in [2.05, 4.69) is 62.8 Å². The summed E-state index contributed by atoms with van der Waals surface area (Å²) in [6, 6.07) is 6.52. The summed E-state index contributed by atoms with van der Waals surface area (Å²) >= 11 is 0. The van der Waals surface area contributed by atoms with Crippen molar-refractivity contribution in [2.45, 2.75) is 52.2 Å². The molecule has 1 fully saturated rings. The zero-order chi connectivity index (χ0) is 29.4. The Kier molecular flexibility index (Phi) is 8.06. The van der Waals surface area contributed by atoms with Crippen molar-refractivity contribution < 1.29 is 9.53 Å². The van der Waals surface area contributed by atoms with Gasteiger partial charge in [0, 0.05) is 73.4 Å². The van der Waals surface area contributed by atoms with Crippen LogP contribution in [0, 0.1) is 13.8 Å². The topological polar surface area (TPSA) is 99.9 Å². The van der Waals surface area contributed by atoms with Crippen LogP contribution in [0.4, 0.5) is 0 Å². The van der Waals surface area contributed by atoms with Gasteiger partial charge in [-0.25, -0.2) is 4.98 Å². The number of rotatable bonds is 8. The molecule has 10 heteroatoms. The number of amides is 1. The average Bonchev–Trinajstić information content (AvgIpc) is 3.56. The van der Waals surface area contributed by atoms with E-state index in [0.717, 1.165) is 59.5 Å². The molecule has 4 aromatic heterocycles. The molecule has 10 nitrogen and oxygen atoms in total. The Bertz CT molecular complexity index is 1620. The molecule has 5 heterocycles. The number of piperidine rings is 1. The summed E-state index contributed by atoms with van der Waals surface area (Å²) in [4.78, 5) is 38.3. The molecule has 0 aromatic carbocycles. The molecule has 1 atom stereocenters. The third-order valence-electron chi connectivity index (χ3n) is 8.74. The molecule has 218 valence electrons. The molecule has 2 N–H and O–H groups in total. The Hall–Kier alpha value is -3.89. The third kappa shape index (κ3) is 5.41. The number of carbonyl (C=O) groups is 1. The Morgan fingerprint density at radius 3 is 2.59 bits per heavy atom. The van der Waals surface area contributed by atoms with E-state index in [1.54, 1.807) is 12.4 Å². The minimum Gasteiger partial charge on any atom is -0.482 e. The standard InChI is InChI=1S/C31H41N7O3/c1-19-14-28(41-7)34-31(40)25(19)16-33-30(39)24-15-26-23(27-17-32-18-36(27)6)10-13-38(26)29(20(24)2)21(3)37-11-8-22(9-12-37)35(4)5/h10,13-15,17-18,21-22H,8-9,11-12,16H2,1-7H3,(H,33,39)(H,34,40). The molecule has 41 heavy (non-hydrogen) atoms. The van der Waals surface area contributed by atoms with Crippen LogP contribution in [0.2, 0.25) is 0 Å². The quantitative estimate of drug-likeness (QED) is 0.342. The van der Waals surface area contributed by atoms with E-state index in [1.807, 2.05) is 37.7 Å². The van der Waals surface area contributed by atoms with E-state index >= 15 is 0 Å². The number of nitrogens with one attached hydrogen (secondary N) is 2. The number of pyridine rings is 2.